The van der Waals surface area contributed by atoms with E-state index in [1.165, 1.54) is 0 Å². The SMILES string of the molecule is COCCCn1c(CN2C(=O)/C(=N\OCC(N)=O)c3ccccc32)nc2ccccc21. The second-order valence-electron chi connectivity index (χ2n) is 7.10. The first-order chi connectivity index (χ1) is 15.1. The van der Waals surface area contributed by atoms with E-state index in [-0.39, 0.29) is 18.2 Å². The lowest BCUT2D eigenvalue weighted by Crippen LogP contribution is -2.31. The molecule has 0 unspecified atom stereocenters. The van der Waals surface area contributed by atoms with Gasteiger partial charge in [0.05, 0.1) is 23.3 Å². The van der Waals surface area contributed by atoms with Crippen molar-refractivity contribution in [1.82, 2.24) is 9.55 Å². The summed E-state index contributed by atoms with van der Waals surface area (Å²) in [7, 11) is 1.67. The van der Waals surface area contributed by atoms with Gasteiger partial charge in [0.1, 0.15) is 5.82 Å². The van der Waals surface area contributed by atoms with E-state index in [1.807, 2.05) is 42.5 Å². The van der Waals surface area contributed by atoms with Gasteiger partial charge in [0.25, 0.3) is 11.8 Å². The van der Waals surface area contributed by atoms with E-state index in [1.54, 1.807) is 18.1 Å². The number of hydrogen-bond acceptors (Lipinski definition) is 6. The fourth-order valence-electron chi connectivity index (χ4n) is 3.67. The summed E-state index contributed by atoms with van der Waals surface area (Å²) in [4.78, 5) is 35.5. The highest BCUT2D eigenvalue weighted by molar-refractivity contribution is 6.54. The molecule has 1 aliphatic rings. The van der Waals surface area contributed by atoms with Gasteiger partial charge in [-0.25, -0.2) is 4.98 Å². The number of benzene rings is 2. The molecule has 3 aromatic rings. The largest absolute Gasteiger partial charge is 0.385 e. The molecule has 2 amide bonds. The van der Waals surface area contributed by atoms with E-state index in [0.29, 0.717) is 17.9 Å². The predicted molar refractivity (Wildman–Crippen MR) is 116 cm³/mol. The smallest absolute Gasteiger partial charge is 0.281 e. The Hall–Kier alpha value is -3.72. The number of carbonyl (C=O) groups excluding carboxylic acids is 2. The molecule has 4 rings (SSSR count). The minimum atomic E-state index is -0.662. The fourth-order valence-corrected chi connectivity index (χ4v) is 3.67. The zero-order chi connectivity index (χ0) is 21.8. The first-order valence-electron chi connectivity index (χ1n) is 9.92. The topological polar surface area (TPSA) is 112 Å². The maximum atomic E-state index is 13.2. The molecule has 0 saturated carbocycles. The third-order valence-corrected chi connectivity index (χ3v) is 5.02. The van der Waals surface area contributed by atoms with E-state index in [0.717, 1.165) is 29.8 Å². The van der Waals surface area contributed by atoms with Gasteiger partial charge in [0.2, 0.25) is 0 Å². The van der Waals surface area contributed by atoms with E-state index < -0.39 is 12.5 Å². The van der Waals surface area contributed by atoms with Crippen LogP contribution in [0.5, 0.6) is 0 Å². The maximum Gasteiger partial charge on any atom is 0.281 e. The van der Waals surface area contributed by atoms with E-state index >= 15 is 0 Å². The predicted octanol–water partition coefficient (Wildman–Crippen LogP) is 1.83. The summed E-state index contributed by atoms with van der Waals surface area (Å²) in [6, 6.07) is 15.2. The fraction of sp³-hybridized carbons (Fsp3) is 0.273. The van der Waals surface area contributed by atoms with E-state index in [4.69, 9.17) is 20.3 Å². The summed E-state index contributed by atoms with van der Waals surface area (Å²) in [6.45, 7) is 1.22. The van der Waals surface area contributed by atoms with Crippen molar-refractivity contribution in [3.8, 4) is 0 Å². The first kappa shape index (κ1) is 20.5. The number of aromatic nitrogens is 2. The summed E-state index contributed by atoms with van der Waals surface area (Å²) in [5.41, 5.74) is 8.45. The van der Waals surface area contributed by atoms with Crippen LogP contribution in [0.4, 0.5) is 5.69 Å². The number of methoxy groups -OCH3 is 1. The number of carbonyl (C=O) groups is 2. The average Bonchev–Trinajstić information content (AvgIpc) is 3.24. The Morgan fingerprint density at radius 3 is 2.74 bits per heavy atom. The summed E-state index contributed by atoms with van der Waals surface area (Å²) >= 11 is 0. The van der Waals surface area contributed by atoms with Crippen LogP contribution >= 0.6 is 0 Å². The zero-order valence-corrected chi connectivity index (χ0v) is 17.2. The summed E-state index contributed by atoms with van der Waals surface area (Å²) < 4.78 is 7.31. The normalized spacial score (nSPS) is 14.4. The summed E-state index contributed by atoms with van der Waals surface area (Å²) in [6.07, 6.45) is 0.821. The number of amides is 2. The van der Waals surface area contributed by atoms with Crippen LogP contribution in [0.3, 0.4) is 0 Å². The lowest BCUT2D eigenvalue weighted by molar-refractivity contribution is -0.122. The van der Waals surface area contributed by atoms with Gasteiger partial charge in [-0.3, -0.25) is 14.5 Å². The number of oxime groups is 1. The number of primary amides is 1. The number of fused-ring (bicyclic) bond motifs is 2. The second kappa shape index (κ2) is 8.97. The van der Waals surface area contributed by atoms with Crippen LogP contribution in [0.15, 0.2) is 53.7 Å². The highest BCUT2D eigenvalue weighted by Crippen LogP contribution is 2.31. The van der Waals surface area contributed by atoms with Crippen molar-refractivity contribution in [3.63, 3.8) is 0 Å². The molecule has 2 heterocycles. The molecule has 0 radical (unpaired) electrons. The van der Waals surface area contributed by atoms with Gasteiger partial charge in [-0.15, -0.1) is 0 Å². The quantitative estimate of drug-likeness (QED) is 0.418. The average molecular weight is 421 g/mol. The number of aryl methyl sites for hydroxylation is 1. The van der Waals surface area contributed by atoms with Gasteiger partial charge < -0.3 is 19.9 Å². The van der Waals surface area contributed by atoms with Crippen LogP contribution in [-0.4, -0.2) is 47.4 Å². The summed E-state index contributed by atoms with van der Waals surface area (Å²) in [5.74, 6) is -0.217. The number of imidazole rings is 1. The molecule has 160 valence electrons. The number of rotatable bonds is 9. The number of nitrogens with zero attached hydrogens (tertiary/aromatic N) is 4. The Balaban J connectivity index is 1.67. The minimum Gasteiger partial charge on any atom is -0.385 e. The highest BCUT2D eigenvalue weighted by Gasteiger charge is 2.35. The second-order valence-corrected chi connectivity index (χ2v) is 7.10. The van der Waals surface area contributed by atoms with Crippen molar-refractivity contribution >= 4 is 34.2 Å². The number of nitrogens with two attached hydrogens (primary N) is 1. The molecule has 31 heavy (non-hydrogen) atoms. The monoisotopic (exact) mass is 421 g/mol. The molecule has 0 saturated heterocycles. The number of para-hydroxylation sites is 3. The molecular weight excluding hydrogens is 398 g/mol. The van der Waals surface area contributed by atoms with Crippen molar-refractivity contribution in [2.45, 2.75) is 19.5 Å². The Kier molecular flexibility index (Phi) is 5.94. The zero-order valence-electron chi connectivity index (χ0n) is 17.2. The number of hydrogen-bond donors (Lipinski definition) is 1. The minimum absolute atomic E-state index is 0.138. The van der Waals surface area contributed by atoms with Gasteiger partial charge in [0, 0.05) is 25.8 Å². The van der Waals surface area contributed by atoms with Crippen molar-refractivity contribution in [2.75, 3.05) is 25.2 Å². The first-order valence-corrected chi connectivity index (χ1v) is 9.92. The Bertz CT molecular complexity index is 1150. The molecule has 1 aromatic heterocycles. The van der Waals surface area contributed by atoms with Crippen LogP contribution in [-0.2, 0) is 32.3 Å². The molecule has 9 heteroatoms. The molecule has 0 aliphatic carbocycles. The summed E-state index contributed by atoms with van der Waals surface area (Å²) in [5, 5.41) is 3.88. The van der Waals surface area contributed by atoms with Crippen molar-refractivity contribution in [1.29, 1.82) is 0 Å². The molecule has 0 spiro atoms. The van der Waals surface area contributed by atoms with E-state index in [9.17, 15) is 9.59 Å². The van der Waals surface area contributed by atoms with Crippen LogP contribution < -0.4 is 10.6 Å². The molecular formula is C22H23N5O4. The van der Waals surface area contributed by atoms with Crippen LogP contribution in [0.1, 0.15) is 17.8 Å². The van der Waals surface area contributed by atoms with Crippen molar-refractivity contribution in [2.24, 2.45) is 10.9 Å². The highest BCUT2D eigenvalue weighted by atomic mass is 16.6. The van der Waals surface area contributed by atoms with E-state index in [2.05, 4.69) is 9.72 Å². The molecule has 2 aromatic carbocycles. The van der Waals surface area contributed by atoms with Gasteiger partial charge in [-0.1, -0.05) is 35.5 Å². The number of ether oxygens (including phenoxy) is 1. The van der Waals surface area contributed by atoms with Crippen molar-refractivity contribution < 1.29 is 19.2 Å². The van der Waals surface area contributed by atoms with Crippen LogP contribution in [0, 0.1) is 0 Å². The third-order valence-electron chi connectivity index (χ3n) is 5.02. The molecule has 9 nitrogen and oxygen atoms in total. The van der Waals surface area contributed by atoms with Gasteiger partial charge in [0.15, 0.2) is 12.3 Å². The Labute approximate surface area is 179 Å². The third kappa shape index (κ3) is 4.13. The van der Waals surface area contributed by atoms with Gasteiger partial charge in [-0.05, 0) is 24.6 Å². The maximum absolute atomic E-state index is 13.2. The Morgan fingerprint density at radius 1 is 1.16 bits per heavy atom. The van der Waals surface area contributed by atoms with Crippen molar-refractivity contribution in [3.05, 3.63) is 59.9 Å². The molecule has 2 N–H and O–H groups in total. The molecule has 0 bridgehead atoms. The van der Waals surface area contributed by atoms with Gasteiger partial charge >= 0.3 is 0 Å². The molecule has 1 aliphatic heterocycles. The molecule has 0 atom stereocenters. The van der Waals surface area contributed by atoms with Crippen LogP contribution in [0.2, 0.25) is 0 Å². The van der Waals surface area contributed by atoms with Gasteiger partial charge in [-0.2, -0.15) is 0 Å². The van der Waals surface area contributed by atoms with Crippen LogP contribution in [0.25, 0.3) is 11.0 Å². The lowest BCUT2D eigenvalue weighted by atomic mass is 10.1. The number of anilines is 1. The lowest BCUT2D eigenvalue weighted by Gasteiger charge is -2.17. The Morgan fingerprint density at radius 2 is 1.94 bits per heavy atom. The molecule has 0 fully saturated rings. The standard InChI is InChI=1S/C22H23N5O4/c1-30-12-6-11-26-18-10-5-3-8-16(18)24-20(26)13-27-17-9-4-2-7-15(17)21(22(27)29)25-31-14-19(23)28/h2-5,7-10H,6,11-14H2,1H3,(H2,23,28)/b25-21-.